The average molecular weight is 261 g/mol. The van der Waals surface area contributed by atoms with Crippen LogP contribution in [0.4, 0.5) is 5.69 Å². The van der Waals surface area contributed by atoms with E-state index in [4.69, 9.17) is 0 Å². The molecule has 2 rings (SSSR count). The molecule has 1 aliphatic carbocycles. The molecule has 0 atom stereocenters. The maximum absolute atomic E-state index is 12.4. The molecule has 1 aliphatic rings. The molecule has 0 unspecified atom stereocenters. The van der Waals surface area contributed by atoms with E-state index in [1.54, 1.807) is 0 Å². The highest BCUT2D eigenvalue weighted by Gasteiger charge is 2.43. The first kappa shape index (κ1) is 14.1. The molecule has 0 radical (unpaired) electrons. The minimum Gasteiger partial charge on any atom is -0.395 e. The number of anilines is 1. The minimum atomic E-state index is -0.545. The standard InChI is InChI=1S/C16H23NO2/c1-10-8-11(2)13(4)14(12(10)3)17-15(19)16(9-18)6-5-7-16/h8,18H,5-7,9H2,1-4H3,(H,17,19). The Labute approximate surface area is 115 Å². The smallest absolute Gasteiger partial charge is 0.232 e. The van der Waals surface area contributed by atoms with E-state index in [0.717, 1.165) is 36.1 Å². The Morgan fingerprint density at radius 2 is 1.74 bits per heavy atom. The molecule has 3 nitrogen and oxygen atoms in total. The molecule has 0 spiro atoms. The molecule has 3 heteroatoms. The van der Waals surface area contributed by atoms with E-state index in [1.807, 2.05) is 13.8 Å². The molecule has 1 aromatic carbocycles. The number of amides is 1. The molecule has 19 heavy (non-hydrogen) atoms. The van der Waals surface area contributed by atoms with Gasteiger partial charge in [-0.25, -0.2) is 0 Å². The molecule has 0 heterocycles. The number of aliphatic hydroxyl groups excluding tert-OH is 1. The van der Waals surface area contributed by atoms with Crippen molar-refractivity contribution in [1.29, 1.82) is 0 Å². The van der Waals surface area contributed by atoms with Gasteiger partial charge >= 0.3 is 0 Å². The Balaban J connectivity index is 2.31. The minimum absolute atomic E-state index is 0.0301. The van der Waals surface area contributed by atoms with Crippen LogP contribution in [0.25, 0.3) is 0 Å². The molecule has 0 saturated heterocycles. The topological polar surface area (TPSA) is 49.3 Å². The lowest BCUT2D eigenvalue weighted by molar-refractivity contribution is -0.133. The van der Waals surface area contributed by atoms with Gasteiger partial charge in [-0.3, -0.25) is 4.79 Å². The number of aryl methyl sites for hydroxylation is 2. The molecule has 1 aromatic rings. The third kappa shape index (κ3) is 2.27. The summed E-state index contributed by atoms with van der Waals surface area (Å²) in [6, 6.07) is 2.14. The zero-order valence-corrected chi connectivity index (χ0v) is 12.3. The van der Waals surface area contributed by atoms with Crippen molar-refractivity contribution >= 4 is 11.6 Å². The molecule has 0 aliphatic heterocycles. The molecular weight excluding hydrogens is 238 g/mol. The Bertz CT molecular complexity index is 484. The molecule has 0 aromatic heterocycles. The number of hydrogen-bond acceptors (Lipinski definition) is 2. The summed E-state index contributed by atoms with van der Waals surface area (Å²) in [5.41, 5.74) is 4.97. The largest absolute Gasteiger partial charge is 0.395 e. The van der Waals surface area contributed by atoms with Crippen LogP contribution in [0.1, 0.15) is 41.5 Å². The number of nitrogens with one attached hydrogen (secondary N) is 1. The zero-order valence-electron chi connectivity index (χ0n) is 12.3. The highest BCUT2D eigenvalue weighted by Crippen LogP contribution is 2.42. The number of aliphatic hydroxyl groups is 1. The summed E-state index contributed by atoms with van der Waals surface area (Å²) in [7, 11) is 0. The molecule has 1 saturated carbocycles. The Kier molecular flexibility index (Phi) is 3.68. The van der Waals surface area contributed by atoms with Crippen LogP contribution >= 0.6 is 0 Å². The van der Waals surface area contributed by atoms with Crippen molar-refractivity contribution in [2.24, 2.45) is 5.41 Å². The van der Waals surface area contributed by atoms with Crippen LogP contribution in [-0.2, 0) is 4.79 Å². The Morgan fingerprint density at radius 3 is 2.11 bits per heavy atom. The number of carbonyl (C=O) groups is 1. The molecule has 0 bridgehead atoms. The fraction of sp³-hybridized carbons (Fsp3) is 0.562. The van der Waals surface area contributed by atoms with Crippen molar-refractivity contribution in [2.75, 3.05) is 11.9 Å². The van der Waals surface area contributed by atoms with Crippen LogP contribution in [0.15, 0.2) is 6.07 Å². The fourth-order valence-corrected chi connectivity index (χ4v) is 2.71. The van der Waals surface area contributed by atoms with E-state index >= 15 is 0 Å². The van der Waals surface area contributed by atoms with Gasteiger partial charge in [0.1, 0.15) is 0 Å². The van der Waals surface area contributed by atoms with Crippen LogP contribution in [0.3, 0.4) is 0 Å². The zero-order chi connectivity index (χ0) is 14.2. The van der Waals surface area contributed by atoms with Gasteiger partial charge in [0.05, 0.1) is 12.0 Å². The summed E-state index contributed by atoms with van der Waals surface area (Å²) in [5.74, 6) is -0.0301. The highest BCUT2D eigenvalue weighted by atomic mass is 16.3. The van der Waals surface area contributed by atoms with Gasteiger partial charge in [-0.2, -0.15) is 0 Å². The first-order valence-electron chi connectivity index (χ1n) is 6.91. The molecule has 2 N–H and O–H groups in total. The predicted molar refractivity (Wildman–Crippen MR) is 77.4 cm³/mol. The van der Waals surface area contributed by atoms with Gasteiger partial charge in [0.15, 0.2) is 0 Å². The van der Waals surface area contributed by atoms with Crippen molar-refractivity contribution in [3.63, 3.8) is 0 Å². The molecular formula is C16H23NO2. The number of benzene rings is 1. The van der Waals surface area contributed by atoms with Gasteiger partial charge < -0.3 is 10.4 Å². The normalized spacial score (nSPS) is 16.9. The maximum Gasteiger partial charge on any atom is 0.232 e. The first-order valence-corrected chi connectivity index (χ1v) is 6.91. The van der Waals surface area contributed by atoms with Crippen LogP contribution < -0.4 is 5.32 Å². The van der Waals surface area contributed by atoms with Crippen LogP contribution in [-0.4, -0.2) is 17.6 Å². The van der Waals surface area contributed by atoms with Gasteiger partial charge in [-0.05, 0) is 62.8 Å². The second-order valence-corrected chi connectivity index (χ2v) is 5.88. The summed E-state index contributed by atoms with van der Waals surface area (Å²) in [5, 5.41) is 12.5. The quantitative estimate of drug-likeness (QED) is 0.878. The second-order valence-electron chi connectivity index (χ2n) is 5.88. The summed E-state index contributed by atoms with van der Waals surface area (Å²) in [4.78, 5) is 12.4. The van der Waals surface area contributed by atoms with Gasteiger partial charge in [-0.1, -0.05) is 12.5 Å². The van der Waals surface area contributed by atoms with E-state index < -0.39 is 5.41 Å². The van der Waals surface area contributed by atoms with Crippen molar-refractivity contribution < 1.29 is 9.90 Å². The predicted octanol–water partition coefficient (Wildman–Crippen LogP) is 3.02. The lowest BCUT2D eigenvalue weighted by Gasteiger charge is -2.38. The van der Waals surface area contributed by atoms with Crippen molar-refractivity contribution in [3.05, 3.63) is 28.3 Å². The van der Waals surface area contributed by atoms with E-state index in [2.05, 4.69) is 25.2 Å². The lowest BCUT2D eigenvalue weighted by Crippen LogP contribution is -2.45. The van der Waals surface area contributed by atoms with Crippen LogP contribution in [0, 0.1) is 33.1 Å². The number of carbonyl (C=O) groups excluding carboxylic acids is 1. The van der Waals surface area contributed by atoms with E-state index in [-0.39, 0.29) is 12.5 Å². The molecule has 1 amide bonds. The summed E-state index contributed by atoms with van der Waals surface area (Å²) >= 11 is 0. The summed E-state index contributed by atoms with van der Waals surface area (Å²) < 4.78 is 0. The highest BCUT2D eigenvalue weighted by molar-refractivity contribution is 5.97. The molecule has 104 valence electrons. The Morgan fingerprint density at radius 1 is 1.21 bits per heavy atom. The first-order chi connectivity index (χ1) is 8.91. The van der Waals surface area contributed by atoms with Crippen molar-refractivity contribution in [1.82, 2.24) is 0 Å². The third-order valence-electron chi connectivity index (χ3n) is 4.70. The van der Waals surface area contributed by atoms with Gasteiger partial charge in [0.2, 0.25) is 5.91 Å². The maximum atomic E-state index is 12.4. The summed E-state index contributed by atoms with van der Waals surface area (Å²) in [6.45, 7) is 8.13. The number of rotatable bonds is 3. The lowest BCUT2D eigenvalue weighted by atomic mass is 9.68. The van der Waals surface area contributed by atoms with Gasteiger partial charge in [-0.15, -0.1) is 0 Å². The average Bonchev–Trinajstić information content (AvgIpc) is 2.31. The fourth-order valence-electron chi connectivity index (χ4n) is 2.71. The van der Waals surface area contributed by atoms with Crippen molar-refractivity contribution in [2.45, 2.75) is 47.0 Å². The third-order valence-corrected chi connectivity index (χ3v) is 4.70. The van der Waals surface area contributed by atoms with E-state index in [1.165, 1.54) is 11.1 Å². The Hall–Kier alpha value is -1.35. The van der Waals surface area contributed by atoms with Gasteiger partial charge in [0.25, 0.3) is 0 Å². The van der Waals surface area contributed by atoms with E-state index in [9.17, 15) is 9.90 Å². The van der Waals surface area contributed by atoms with Gasteiger partial charge in [0, 0.05) is 5.69 Å². The number of hydrogen-bond donors (Lipinski definition) is 2. The SMILES string of the molecule is Cc1cc(C)c(C)c(NC(=O)C2(CO)CCC2)c1C. The second kappa shape index (κ2) is 4.97. The summed E-state index contributed by atoms with van der Waals surface area (Å²) in [6.07, 6.45) is 2.61. The van der Waals surface area contributed by atoms with Crippen molar-refractivity contribution in [3.8, 4) is 0 Å². The molecule has 1 fully saturated rings. The monoisotopic (exact) mass is 261 g/mol. The van der Waals surface area contributed by atoms with Crippen LogP contribution in [0.5, 0.6) is 0 Å². The van der Waals surface area contributed by atoms with Crippen LogP contribution in [0.2, 0.25) is 0 Å². The van der Waals surface area contributed by atoms with E-state index in [0.29, 0.717) is 0 Å².